The summed E-state index contributed by atoms with van der Waals surface area (Å²) in [7, 11) is 0. The number of piperazine rings is 1. The summed E-state index contributed by atoms with van der Waals surface area (Å²) in [6.07, 6.45) is 0. The summed E-state index contributed by atoms with van der Waals surface area (Å²) in [5, 5.41) is 0.719. The standard InChI is InChI=1S/C22H21Cl2N3O2/c1-2-25-10-12-26(13-11-25)20-19(15-6-4-3-5-7-15)21(28)27(22(20)29)18-14-16(23)8-9-17(18)24/h3-9,14H,2,10-13H2,1H3. The molecule has 2 heterocycles. The number of hydrogen-bond acceptors (Lipinski definition) is 4. The molecule has 2 aliphatic heterocycles. The topological polar surface area (TPSA) is 43.9 Å². The Kier molecular flexibility index (Phi) is 5.63. The number of benzene rings is 2. The number of likely N-dealkylation sites (N-methyl/N-ethyl adjacent to an activating group) is 1. The Morgan fingerprint density at radius 3 is 2.24 bits per heavy atom. The van der Waals surface area contributed by atoms with Gasteiger partial charge in [-0.05, 0) is 30.3 Å². The molecule has 4 rings (SSSR count). The van der Waals surface area contributed by atoms with Gasteiger partial charge in [-0.1, -0.05) is 60.5 Å². The molecule has 1 fully saturated rings. The van der Waals surface area contributed by atoms with Gasteiger partial charge in [-0.15, -0.1) is 0 Å². The van der Waals surface area contributed by atoms with Crippen LogP contribution >= 0.6 is 23.2 Å². The molecule has 0 saturated carbocycles. The molecule has 29 heavy (non-hydrogen) atoms. The maximum absolute atomic E-state index is 13.5. The Hall–Kier alpha value is -2.34. The van der Waals surface area contributed by atoms with E-state index >= 15 is 0 Å². The van der Waals surface area contributed by atoms with Gasteiger partial charge in [-0.3, -0.25) is 9.59 Å². The first kappa shape index (κ1) is 20.0. The van der Waals surface area contributed by atoms with Crippen molar-refractivity contribution in [3.63, 3.8) is 0 Å². The lowest BCUT2D eigenvalue weighted by molar-refractivity contribution is -0.120. The van der Waals surface area contributed by atoms with Crippen molar-refractivity contribution in [1.82, 2.24) is 9.80 Å². The van der Waals surface area contributed by atoms with Crippen molar-refractivity contribution in [2.45, 2.75) is 6.92 Å². The number of carbonyl (C=O) groups is 2. The molecular formula is C22H21Cl2N3O2. The van der Waals surface area contributed by atoms with E-state index in [1.54, 1.807) is 18.2 Å². The van der Waals surface area contributed by atoms with Crippen molar-refractivity contribution < 1.29 is 9.59 Å². The largest absolute Gasteiger partial charge is 0.364 e. The highest BCUT2D eigenvalue weighted by Gasteiger charge is 2.43. The molecule has 2 amide bonds. The zero-order valence-corrected chi connectivity index (χ0v) is 17.6. The Morgan fingerprint density at radius 2 is 1.59 bits per heavy atom. The number of nitrogens with zero attached hydrogens (tertiary/aromatic N) is 3. The van der Waals surface area contributed by atoms with Gasteiger partial charge in [0.1, 0.15) is 5.70 Å². The second-order valence-electron chi connectivity index (χ2n) is 7.05. The molecule has 0 spiro atoms. The third-order valence-electron chi connectivity index (χ3n) is 5.41. The summed E-state index contributed by atoms with van der Waals surface area (Å²) in [5.41, 5.74) is 1.88. The van der Waals surface area contributed by atoms with Gasteiger partial charge in [0.15, 0.2) is 0 Å². The van der Waals surface area contributed by atoms with Gasteiger partial charge in [0.05, 0.1) is 16.3 Å². The lowest BCUT2D eigenvalue weighted by atomic mass is 10.0. The van der Waals surface area contributed by atoms with Crippen molar-refractivity contribution in [2.75, 3.05) is 37.6 Å². The van der Waals surface area contributed by atoms with Crippen LogP contribution in [0.15, 0.2) is 54.2 Å². The predicted octanol–water partition coefficient (Wildman–Crippen LogP) is 3.92. The monoisotopic (exact) mass is 429 g/mol. The molecular weight excluding hydrogens is 409 g/mol. The van der Waals surface area contributed by atoms with Crippen LogP contribution in [0.1, 0.15) is 12.5 Å². The third-order valence-corrected chi connectivity index (χ3v) is 5.96. The molecule has 0 aromatic heterocycles. The summed E-state index contributed by atoms with van der Waals surface area (Å²) in [5.74, 6) is -0.735. The van der Waals surface area contributed by atoms with E-state index in [2.05, 4.69) is 11.8 Å². The van der Waals surface area contributed by atoms with Crippen LogP contribution in [0.2, 0.25) is 10.0 Å². The minimum absolute atomic E-state index is 0.306. The van der Waals surface area contributed by atoms with Crippen molar-refractivity contribution in [1.29, 1.82) is 0 Å². The first-order valence-electron chi connectivity index (χ1n) is 9.62. The number of anilines is 1. The van der Waals surface area contributed by atoms with Crippen LogP contribution < -0.4 is 4.90 Å². The highest BCUT2D eigenvalue weighted by atomic mass is 35.5. The van der Waals surface area contributed by atoms with Gasteiger partial charge in [0, 0.05) is 31.2 Å². The second kappa shape index (κ2) is 8.19. The molecule has 150 valence electrons. The summed E-state index contributed by atoms with van der Waals surface area (Å²) >= 11 is 12.5. The van der Waals surface area contributed by atoms with E-state index in [9.17, 15) is 9.59 Å². The van der Waals surface area contributed by atoms with Crippen molar-refractivity contribution in [3.05, 3.63) is 69.8 Å². The lowest BCUT2D eigenvalue weighted by Gasteiger charge is -2.36. The predicted molar refractivity (Wildman–Crippen MR) is 116 cm³/mol. The molecule has 2 aliphatic rings. The van der Waals surface area contributed by atoms with Crippen LogP contribution in [0.3, 0.4) is 0 Å². The number of amides is 2. The number of halogens is 2. The summed E-state index contributed by atoms with van der Waals surface area (Å²) in [4.78, 5) is 32.5. The van der Waals surface area contributed by atoms with Gasteiger partial charge in [0.2, 0.25) is 0 Å². The zero-order chi connectivity index (χ0) is 20.5. The van der Waals surface area contributed by atoms with E-state index in [1.807, 2.05) is 35.2 Å². The molecule has 7 heteroatoms. The molecule has 2 aromatic carbocycles. The second-order valence-corrected chi connectivity index (χ2v) is 7.90. The van der Waals surface area contributed by atoms with E-state index in [0.717, 1.165) is 30.1 Å². The average molecular weight is 430 g/mol. The molecule has 0 atom stereocenters. The Morgan fingerprint density at radius 1 is 0.897 bits per heavy atom. The molecule has 2 aromatic rings. The summed E-state index contributed by atoms with van der Waals surface area (Å²) in [6.45, 7) is 6.17. The lowest BCUT2D eigenvalue weighted by Crippen LogP contribution is -2.47. The van der Waals surface area contributed by atoms with Crippen LogP contribution in [-0.4, -0.2) is 54.3 Å². The SMILES string of the molecule is CCN1CCN(C2=C(c3ccccc3)C(=O)N(c3cc(Cl)ccc3Cl)C2=O)CC1. The summed E-state index contributed by atoms with van der Waals surface area (Å²) < 4.78 is 0. The van der Waals surface area contributed by atoms with Gasteiger partial charge >= 0.3 is 0 Å². The third kappa shape index (κ3) is 3.66. The number of hydrogen-bond donors (Lipinski definition) is 0. The summed E-state index contributed by atoms with van der Waals surface area (Å²) in [6, 6.07) is 14.1. The molecule has 0 bridgehead atoms. The van der Waals surface area contributed by atoms with E-state index in [0.29, 0.717) is 40.1 Å². The van der Waals surface area contributed by atoms with E-state index in [-0.39, 0.29) is 11.8 Å². The van der Waals surface area contributed by atoms with Crippen molar-refractivity contribution in [2.24, 2.45) is 0 Å². The minimum Gasteiger partial charge on any atom is -0.364 e. The number of carbonyl (C=O) groups excluding carboxylic acids is 2. The Bertz CT molecular complexity index is 983. The molecule has 0 radical (unpaired) electrons. The fraction of sp³-hybridized carbons (Fsp3) is 0.273. The maximum Gasteiger partial charge on any atom is 0.282 e. The van der Waals surface area contributed by atoms with Crippen LogP contribution in [0.4, 0.5) is 5.69 Å². The highest BCUT2D eigenvalue weighted by molar-refractivity contribution is 6.47. The zero-order valence-electron chi connectivity index (χ0n) is 16.1. The van der Waals surface area contributed by atoms with Crippen LogP contribution in [-0.2, 0) is 9.59 Å². The minimum atomic E-state index is -0.377. The van der Waals surface area contributed by atoms with E-state index in [4.69, 9.17) is 23.2 Å². The first-order chi connectivity index (χ1) is 14.0. The van der Waals surface area contributed by atoms with E-state index < -0.39 is 0 Å². The Labute approximate surface area is 180 Å². The van der Waals surface area contributed by atoms with Crippen LogP contribution in [0, 0.1) is 0 Å². The van der Waals surface area contributed by atoms with Crippen LogP contribution in [0.25, 0.3) is 5.57 Å². The van der Waals surface area contributed by atoms with Gasteiger partial charge < -0.3 is 9.80 Å². The molecule has 0 unspecified atom stereocenters. The Balaban J connectivity index is 1.80. The maximum atomic E-state index is 13.5. The average Bonchev–Trinajstić information content (AvgIpc) is 3.00. The molecule has 0 aliphatic carbocycles. The molecule has 1 saturated heterocycles. The number of imide groups is 1. The van der Waals surface area contributed by atoms with Crippen LogP contribution in [0.5, 0.6) is 0 Å². The smallest absolute Gasteiger partial charge is 0.282 e. The normalized spacial score (nSPS) is 18.2. The van der Waals surface area contributed by atoms with Crippen molar-refractivity contribution >= 4 is 46.3 Å². The van der Waals surface area contributed by atoms with E-state index in [1.165, 1.54) is 0 Å². The quantitative estimate of drug-likeness (QED) is 0.690. The first-order valence-corrected chi connectivity index (χ1v) is 10.4. The fourth-order valence-electron chi connectivity index (χ4n) is 3.84. The van der Waals surface area contributed by atoms with Gasteiger partial charge in [-0.2, -0.15) is 0 Å². The van der Waals surface area contributed by atoms with Gasteiger partial charge in [0.25, 0.3) is 11.8 Å². The van der Waals surface area contributed by atoms with Gasteiger partial charge in [-0.25, -0.2) is 4.90 Å². The highest BCUT2D eigenvalue weighted by Crippen LogP contribution is 2.38. The van der Waals surface area contributed by atoms with Crippen molar-refractivity contribution in [3.8, 4) is 0 Å². The molecule has 5 nitrogen and oxygen atoms in total. The molecule has 0 N–H and O–H groups in total. The number of rotatable bonds is 4. The fourth-order valence-corrected chi connectivity index (χ4v) is 4.21.